The molecule has 0 fully saturated rings. The maximum absolute atomic E-state index is 15.0. The highest BCUT2D eigenvalue weighted by atomic mass is 19.1. The second-order valence-corrected chi connectivity index (χ2v) is 8.40. The molecule has 0 saturated carbocycles. The van der Waals surface area contributed by atoms with Crippen LogP contribution in [0.4, 0.5) is 8.78 Å². The molecule has 3 N–H and O–H groups in total. The lowest BCUT2D eigenvalue weighted by Gasteiger charge is -2.25. The number of allylic oxidation sites excluding steroid dienone is 1. The number of hydrogen-bond acceptors (Lipinski definition) is 5. The Morgan fingerprint density at radius 3 is 2.51 bits per heavy atom. The van der Waals surface area contributed by atoms with Crippen LogP contribution in [0.5, 0.6) is 0 Å². The van der Waals surface area contributed by atoms with Crippen molar-refractivity contribution in [2.75, 3.05) is 6.54 Å². The van der Waals surface area contributed by atoms with Crippen molar-refractivity contribution in [2.24, 2.45) is 4.99 Å². The van der Waals surface area contributed by atoms with Crippen LogP contribution >= 0.6 is 0 Å². The zero-order valence-electron chi connectivity index (χ0n) is 19.0. The number of pyridine rings is 1. The molecule has 1 amide bonds. The van der Waals surface area contributed by atoms with Crippen LogP contribution in [-0.2, 0) is 0 Å². The highest BCUT2D eigenvalue weighted by Crippen LogP contribution is 2.26. The lowest BCUT2D eigenvalue weighted by Crippen LogP contribution is -2.42. The molecule has 1 aliphatic rings. The molecule has 8 heteroatoms. The number of rotatable bonds is 8. The van der Waals surface area contributed by atoms with Gasteiger partial charge in [0.15, 0.2) is 0 Å². The van der Waals surface area contributed by atoms with E-state index in [1.807, 2.05) is 0 Å². The topological polar surface area (TPSA) is 94.8 Å². The molecule has 6 nitrogen and oxygen atoms in total. The van der Waals surface area contributed by atoms with Crippen molar-refractivity contribution in [1.82, 2.24) is 10.3 Å². The van der Waals surface area contributed by atoms with Gasteiger partial charge in [-0.05, 0) is 67.0 Å². The average molecular weight is 478 g/mol. The number of benzene rings is 2. The van der Waals surface area contributed by atoms with E-state index in [1.54, 1.807) is 43.3 Å². The minimum atomic E-state index is -1.18. The van der Waals surface area contributed by atoms with Crippen molar-refractivity contribution in [1.29, 1.82) is 0 Å². The lowest BCUT2D eigenvalue weighted by molar-refractivity contribution is 0.0691. The summed E-state index contributed by atoms with van der Waals surface area (Å²) in [5.41, 5.74) is 2.24. The van der Waals surface area contributed by atoms with Crippen LogP contribution in [0.3, 0.4) is 0 Å². The molecule has 0 aliphatic carbocycles. The number of nitrogens with zero attached hydrogens (tertiary/aromatic N) is 2. The summed E-state index contributed by atoms with van der Waals surface area (Å²) < 4.78 is 28.3. The van der Waals surface area contributed by atoms with Crippen molar-refractivity contribution in [3.05, 3.63) is 107 Å². The van der Waals surface area contributed by atoms with Crippen LogP contribution in [0.2, 0.25) is 0 Å². The van der Waals surface area contributed by atoms with Crippen LogP contribution in [0.25, 0.3) is 5.57 Å². The van der Waals surface area contributed by atoms with Gasteiger partial charge < -0.3 is 15.5 Å². The summed E-state index contributed by atoms with van der Waals surface area (Å²) in [6, 6.07) is 14.2. The van der Waals surface area contributed by atoms with Gasteiger partial charge in [-0.2, -0.15) is 0 Å². The number of hydrogen-bond donors (Lipinski definition) is 3. The monoisotopic (exact) mass is 477 g/mol. The van der Waals surface area contributed by atoms with Crippen LogP contribution in [-0.4, -0.2) is 45.5 Å². The first-order chi connectivity index (χ1) is 16.8. The maximum atomic E-state index is 15.0. The summed E-state index contributed by atoms with van der Waals surface area (Å²) in [4.78, 5) is 21.8. The average Bonchev–Trinajstić information content (AvgIpc) is 3.33. The third-order valence-electron chi connectivity index (χ3n) is 5.74. The van der Waals surface area contributed by atoms with Gasteiger partial charge in [-0.15, -0.1) is 0 Å². The highest BCUT2D eigenvalue weighted by molar-refractivity contribution is 6.19. The number of aliphatic imine (C=N–C) groups is 1. The molecule has 1 aliphatic heterocycles. The van der Waals surface area contributed by atoms with Gasteiger partial charge in [-0.3, -0.25) is 14.8 Å². The third kappa shape index (κ3) is 5.67. The minimum Gasteiger partial charge on any atom is -0.393 e. The van der Waals surface area contributed by atoms with Crippen LogP contribution in [0, 0.1) is 11.6 Å². The van der Waals surface area contributed by atoms with E-state index >= 15 is 0 Å². The Hall–Kier alpha value is -3.75. The van der Waals surface area contributed by atoms with Gasteiger partial charge in [0.05, 0.1) is 35.7 Å². The largest absolute Gasteiger partial charge is 0.393 e. The molecule has 1 aromatic heterocycles. The summed E-state index contributed by atoms with van der Waals surface area (Å²) >= 11 is 0. The number of carbonyl (C=O) groups excluding carboxylic acids is 1. The van der Waals surface area contributed by atoms with Gasteiger partial charge in [-0.25, -0.2) is 8.78 Å². The molecule has 2 heterocycles. The highest BCUT2D eigenvalue weighted by Gasteiger charge is 2.28. The van der Waals surface area contributed by atoms with Crippen molar-refractivity contribution in [3.63, 3.8) is 0 Å². The first-order valence-corrected chi connectivity index (χ1v) is 11.2. The fraction of sp³-hybridized carbons (Fsp3) is 0.222. The van der Waals surface area contributed by atoms with Gasteiger partial charge in [0.2, 0.25) is 0 Å². The standard InChI is InChI=1S/C27H25F2N3O3/c1-16(33)13-24(26(34)22-7-2-3-12-30-22)32-27(35)20-5-4-6-21(29)25(20)23-14-18(15-31-23)17-8-10-19(28)11-9-17/h2-12,14,16,24,26,33-34H,13,15H2,1H3,(H,32,35)/t16-,24-,26?/m0/s1. The fourth-order valence-corrected chi connectivity index (χ4v) is 4.03. The third-order valence-corrected chi connectivity index (χ3v) is 5.74. The summed E-state index contributed by atoms with van der Waals surface area (Å²) in [6.45, 7) is 1.81. The van der Waals surface area contributed by atoms with E-state index in [0.717, 1.165) is 11.1 Å². The molecule has 35 heavy (non-hydrogen) atoms. The zero-order valence-corrected chi connectivity index (χ0v) is 19.0. The Morgan fingerprint density at radius 1 is 1.06 bits per heavy atom. The first-order valence-electron chi connectivity index (χ1n) is 11.2. The summed E-state index contributed by atoms with van der Waals surface area (Å²) in [5.74, 6) is -1.60. The van der Waals surface area contributed by atoms with Gasteiger partial charge >= 0.3 is 0 Å². The molecule has 0 saturated heterocycles. The summed E-state index contributed by atoms with van der Waals surface area (Å²) in [6.07, 6.45) is 1.27. The minimum absolute atomic E-state index is 0.0326. The number of aliphatic hydroxyl groups is 2. The predicted octanol–water partition coefficient (Wildman–Crippen LogP) is 3.85. The smallest absolute Gasteiger partial charge is 0.252 e. The second-order valence-electron chi connectivity index (χ2n) is 8.40. The molecule has 3 atom stereocenters. The SMILES string of the molecule is C[C@H](O)C[C@H](NC(=O)c1cccc(F)c1C1=NCC(c2ccc(F)cc2)=C1)C(O)c1ccccn1. The van der Waals surface area contributed by atoms with E-state index in [4.69, 9.17) is 0 Å². The van der Waals surface area contributed by atoms with E-state index in [2.05, 4.69) is 15.3 Å². The lowest BCUT2D eigenvalue weighted by atomic mass is 9.97. The molecule has 0 radical (unpaired) electrons. The Kier molecular flexibility index (Phi) is 7.43. The fourth-order valence-electron chi connectivity index (χ4n) is 4.03. The van der Waals surface area contributed by atoms with Crippen molar-refractivity contribution in [3.8, 4) is 0 Å². The number of aliphatic hydroxyl groups excluding tert-OH is 2. The number of halogens is 2. The molecule has 4 rings (SSSR count). The van der Waals surface area contributed by atoms with E-state index in [1.165, 1.54) is 36.5 Å². The van der Waals surface area contributed by atoms with Gasteiger partial charge in [0.25, 0.3) is 5.91 Å². The summed E-state index contributed by atoms with van der Waals surface area (Å²) in [5, 5.41) is 23.5. The van der Waals surface area contributed by atoms with Gasteiger partial charge in [0, 0.05) is 11.8 Å². The van der Waals surface area contributed by atoms with Crippen LogP contribution in [0.1, 0.15) is 46.6 Å². The van der Waals surface area contributed by atoms with E-state index < -0.39 is 30.0 Å². The number of amides is 1. The molecular formula is C27H25F2N3O3. The summed E-state index contributed by atoms with van der Waals surface area (Å²) in [7, 11) is 0. The normalized spacial score (nSPS) is 15.7. The first kappa shape index (κ1) is 24.4. The van der Waals surface area contributed by atoms with Gasteiger partial charge in [-0.1, -0.05) is 24.3 Å². The molecular weight excluding hydrogens is 452 g/mol. The van der Waals surface area contributed by atoms with E-state index in [9.17, 15) is 23.8 Å². The molecule has 1 unspecified atom stereocenters. The number of nitrogens with one attached hydrogen (secondary N) is 1. The van der Waals surface area contributed by atoms with Crippen molar-refractivity contribution in [2.45, 2.75) is 31.6 Å². The Balaban J connectivity index is 1.62. The molecule has 0 bridgehead atoms. The Morgan fingerprint density at radius 2 is 1.83 bits per heavy atom. The molecule has 2 aromatic carbocycles. The van der Waals surface area contributed by atoms with Gasteiger partial charge in [0.1, 0.15) is 17.7 Å². The van der Waals surface area contributed by atoms with Crippen molar-refractivity contribution < 1.29 is 23.8 Å². The quantitative estimate of drug-likeness (QED) is 0.459. The van der Waals surface area contributed by atoms with Crippen LogP contribution in [0.15, 0.2) is 77.9 Å². The second kappa shape index (κ2) is 10.7. The van der Waals surface area contributed by atoms with E-state index in [0.29, 0.717) is 11.4 Å². The Labute approximate surface area is 201 Å². The number of aromatic nitrogens is 1. The molecule has 3 aromatic rings. The zero-order chi connectivity index (χ0) is 24.9. The van der Waals surface area contributed by atoms with Crippen molar-refractivity contribution >= 4 is 17.2 Å². The maximum Gasteiger partial charge on any atom is 0.252 e. The van der Waals surface area contributed by atoms with E-state index in [-0.39, 0.29) is 29.9 Å². The van der Waals surface area contributed by atoms with Crippen LogP contribution < -0.4 is 5.32 Å². The predicted molar refractivity (Wildman–Crippen MR) is 129 cm³/mol. The number of carbonyl (C=O) groups is 1. The molecule has 0 spiro atoms. The molecule has 180 valence electrons. The Bertz CT molecular complexity index is 1260.